The van der Waals surface area contributed by atoms with Gasteiger partial charge >= 0.3 is 0 Å². The van der Waals surface area contributed by atoms with E-state index in [1.54, 1.807) is 17.9 Å². The summed E-state index contributed by atoms with van der Waals surface area (Å²) >= 11 is 0. The smallest absolute Gasteiger partial charge is 0.163 e. The Labute approximate surface area is 111 Å². The van der Waals surface area contributed by atoms with Gasteiger partial charge in [-0.2, -0.15) is 5.10 Å². The van der Waals surface area contributed by atoms with Gasteiger partial charge in [0, 0.05) is 13.6 Å². The van der Waals surface area contributed by atoms with E-state index in [0.717, 1.165) is 23.9 Å². The number of nitrogens with zero attached hydrogens (tertiary/aromatic N) is 4. The van der Waals surface area contributed by atoms with Crippen LogP contribution in [0.5, 0.6) is 0 Å². The van der Waals surface area contributed by atoms with E-state index in [2.05, 4.69) is 20.4 Å². The number of aromatic nitrogens is 4. The van der Waals surface area contributed by atoms with Crippen LogP contribution in [0.25, 0.3) is 11.0 Å². The maximum Gasteiger partial charge on any atom is 0.163 e. The molecule has 102 valence electrons. The fraction of sp³-hybridized carbons (Fsp3) is 0.545. The number of fused-ring (bicyclic) bond motifs is 1. The zero-order chi connectivity index (χ0) is 13.5. The lowest BCUT2D eigenvalue weighted by Gasteiger charge is -2.11. The first-order chi connectivity index (χ1) is 9.08. The molecule has 0 aliphatic carbocycles. The van der Waals surface area contributed by atoms with E-state index in [1.165, 1.54) is 6.33 Å². The SMILES string of the molecule is Cn1ncc2c(NCC3CCCS3(=O)=O)ncnc21. The average molecular weight is 281 g/mol. The Kier molecular flexibility index (Phi) is 2.89. The van der Waals surface area contributed by atoms with Crippen molar-refractivity contribution in [3.05, 3.63) is 12.5 Å². The van der Waals surface area contributed by atoms with Crippen molar-refractivity contribution in [2.75, 3.05) is 17.6 Å². The van der Waals surface area contributed by atoms with E-state index in [9.17, 15) is 8.42 Å². The van der Waals surface area contributed by atoms with Gasteiger partial charge in [-0.15, -0.1) is 0 Å². The van der Waals surface area contributed by atoms with E-state index >= 15 is 0 Å². The lowest BCUT2D eigenvalue weighted by atomic mass is 10.2. The standard InChI is InChI=1S/C11H15N5O2S/c1-16-11-9(6-15-16)10(13-7-14-11)12-5-8-3-2-4-19(8,17)18/h6-8H,2-5H2,1H3,(H,12,13,14). The fourth-order valence-electron chi connectivity index (χ4n) is 2.40. The first kappa shape index (κ1) is 12.3. The molecule has 1 atom stereocenters. The molecular formula is C11H15N5O2S. The number of hydrogen-bond donors (Lipinski definition) is 1. The molecule has 2 aromatic rings. The molecule has 1 aliphatic rings. The molecule has 1 fully saturated rings. The molecule has 0 saturated carbocycles. The summed E-state index contributed by atoms with van der Waals surface area (Å²) in [5.41, 5.74) is 0.728. The lowest BCUT2D eigenvalue weighted by molar-refractivity contribution is 0.591. The molecule has 0 bridgehead atoms. The van der Waals surface area contributed by atoms with Crippen LogP contribution in [0.2, 0.25) is 0 Å². The molecule has 8 heteroatoms. The predicted molar refractivity (Wildman–Crippen MR) is 71.6 cm³/mol. The quantitative estimate of drug-likeness (QED) is 0.873. The van der Waals surface area contributed by atoms with Crippen LogP contribution in [-0.4, -0.2) is 45.7 Å². The second-order valence-electron chi connectivity index (χ2n) is 4.74. The summed E-state index contributed by atoms with van der Waals surface area (Å²) in [6.45, 7) is 0.392. The van der Waals surface area contributed by atoms with Crippen LogP contribution in [0.15, 0.2) is 12.5 Å². The molecule has 1 saturated heterocycles. The summed E-state index contributed by atoms with van der Waals surface area (Å²) in [7, 11) is -1.13. The molecule has 3 heterocycles. The van der Waals surface area contributed by atoms with E-state index in [0.29, 0.717) is 18.1 Å². The fourth-order valence-corrected chi connectivity index (χ4v) is 4.17. The number of sulfone groups is 1. The van der Waals surface area contributed by atoms with Gasteiger partial charge in [0.15, 0.2) is 15.5 Å². The Balaban J connectivity index is 1.83. The molecule has 0 aromatic carbocycles. The predicted octanol–water partition coefficient (Wildman–Crippen LogP) is 0.352. The molecular weight excluding hydrogens is 266 g/mol. The van der Waals surface area contributed by atoms with E-state index in [-0.39, 0.29) is 5.25 Å². The molecule has 1 aliphatic heterocycles. The van der Waals surface area contributed by atoms with Gasteiger partial charge in [0.1, 0.15) is 12.1 Å². The second-order valence-corrected chi connectivity index (χ2v) is 7.14. The van der Waals surface area contributed by atoms with Gasteiger partial charge < -0.3 is 5.32 Å². The first-order valence-electron chi connectivity index (χ1n) is 6.16. The minimum Gasteiger partial charge on any atom is -0.368 e. The van der Waals surface area contributed by atoms with Crippen molar-refractivity contribution in [1.29, 1.82) is 0 Å². The Bertz CT molecular complexity index is 709. The third-order valence-corrected chi connectivity index (χ3v) is 5.77. The number of hydrogen-bond acceptors (Lipinski definition) is 6. The highest BCUT2D eigenvalue weighted by Gasteiger charge is 2.31. The van der Waals surface area contributed by atoms with Crippen molar-refractivity contribution in [3.8, 4) is 0 Å². The van der Waals surface area contributed by atoms with Gasteiger partial charge in [0.05, 0.1) is 22.6 Å². The van der Waals surface area contributed by atoms with Crippen LogP contribution in [0.1, 0.15) is 12.8 Å². The summed E-state index contributed by atoms with van der Waals surface area (Å²) in [4.78, 5) is 8.30. The van der Waals surface area contributed by atoms with Gasteiger partial charge in [0.2, 0.25) is 0 Å². The Hall–Kier alpha value is -1.70. The first-order valence-corrected chi connectivity index (χ1v) is 7.87. The van der Waals surface area contributed by atoms with Gasteiger partial charge in [-0.3, -0.25) is 4.68 Å². The van der Waals surface area contributed by atoms with Crippen LogP contribution in [-0.2, 0) is 16.9 Å². The number of rotatable bonds is 3. The number of anilines is 1. The molecule has 0 spiro atoms. The zero-order valence-electron chi connectivity index (χ0n) is 10.6. The monoisotopic (exact) mass is 281 g/mol. The van der Waals surface area contributed by atoms with Gasteiger partial charge in [-0.25, -0.2) is 18.4 Å². The van der Waals surface area contributed by atoms with Crippen molar-refractivity contribution >= 4 is 26.7 Å². The largest absolute Gasteiger partial charge is 0.368 e. The Morgan fingerprint density at radius 2 is 2.32 bits per heavy atom. The maximum atomic E-state index is 11.8. The molecule has 0 amide bonds. The van der Waals surface area contributed by atoms with Gasteiger partial charge in [0.25, 0.3) is 0 Å². The van der Waals surface area contributed by atoms with Crippen LogP contribution >= 0.6 is 0 Å². The topological polar surface area (TPSA) is 89.8 Å². The second kappa shape index (κ2) is 4.44. The van der Waals surface area contributed by atoms with Gasteiger partial charge in [-0.1, -0.05) is 0 Å². The normalized spacial score (nSPS) is 21.8. The lowest BCUT2D eigenvalue weighted by Crippen LogP contribution is -2.25. The third kappa shape index (κ3) is 2.16. The minimum absolute atomic E-state index is 0.297. The van der Waals surface area contributed by atoms with Crippen molar-refractivity contribution in [2.45, 2.75) is 18.1 Å². The number of aryl methyl sites for hydroxylation is 1. The molecule has 7 nitrogen and oxygen atoms in total. The Morgan fingerprint density at radius 3 is 3.05 bits per heavy atom. The zero-order valence-corrected chi connectivity index (χ0v) is 11.4. The minimum atomic E-state index is -2.93. The molecule has 1 unspecified atom stereocenters. The van der Waals surface area contributed by atoms with Gasteiger partial charge in [-0.05, 0) is 12.8 Å². The van der Waals surface area contributed by atoms with Crippen LogP contribution in [0.3, 0.4) is 0 Å². The molecule has 2 aromatic heterocycles. The number of nitrogens with one attached hydrogen (secondary N) is 1. The van der Waals surface area contributed by atoms with Crippen LogP contribution in [0, 0.1) is 0 Å². The van der Waals surface area contributed by atoms with Crippen molar-refractivity contribution in [1.82, 2.24) is 19.7 Å². The third-order valence-electron chi connectivity index (χ3n) is 3.49. The molecule has 0 radical (unpaired) electrons. The maximum absolute atomic E-state index is 11.8. The van der Waals surface area contributed by atoms with E-state index < -0.39 is 9.84 Å². The van der Waals surface area contributed by atoms with Crippen LogP contribution < -0.4 is 5.32 Å². The average Bonchev–Trinajstić information content (AvgIpc) is 2.91. The van der Waals surface area contributed by atoms with E-state index in [4.69, 9.17) is 0 Å². The molecule has 19 heavy (non-hydrogen) atoms. The summed E-state index contributed by atoms with van der Waals surface area (Å²) in [5, 5.41) is 7.73. The summed E-state index contributed by atoms with van der Waals surface area (Å²) in [5.74, 6) is 0.936. The summed E-state index contributed by atoms with van der Waals surface area (Å²) < 4.78 is 25.2. The van der Waals surface area contributed by atoms with Crippen molar-refractivity contribution in [2.24, 2.45) is 7.05 Å². The summed E-state index contributed by atoms with van der Waals surface area (Å²) in [6, 6.07) is 0. The van der Waals surface area contributed by atoms with E-state index in [1.807, 2.05) is 0 Å². The summed E-state index contributed by atoms with van der Waals surface area (Å²) in [6.07, 6.45) is 4.60. The highest BCUT2D eigenvalue weighted by Crippen LogP contribution is 2.22. The van der Waals surface area contributed by atoms with Crippen LogP contribution in [0.4, 0.5) is 5.82 Å². The molecule has 1 N–H and O–H groups in total. The molecule has 3 rings (SSSR count). The van der Waals surface area contributed by atoms with Crippen molar-refractivity contribution in [3.63, 3.8) is 0 Å². The highest BCUT2D eigenvalue weighted by molar-refractivity contribution is 7.92. The highest BCUT2D eigenvalue weighted by atomic mass is 32.2. The van der Waals surface area contributed by atoms with Crippen molar-refractivity contribution < 1.29 is 8.42 Å². The Morgan fingerprint density at radius 1 is 1.47 bits per heavy atom.